The average molecular weight is 360 g/mol. The van der Waals surface area contributed by atoms with Crippen molar-refractivity contribution in [2.45, 2.75) is 39.2 Å². The van der Waals surface area contributed by atoms with Crippen molar-refractivity contribution < 1.29 is 18.4 Å². The number of rotatable bonds is 6. The van der Waals surface area contributed by atoms with Crippen LogP contribution in [-0.2, 0) is 24.2 Å². The summed E-state index contributed by atoms with van der Waals surface area (Å²) in [7, 11) is 0. The molecule has 4 nitrogen and oxygen atoms in total. The molecular formula is C20H22F2N2O2. The summed E-state index contributed by atoms with van der Waals surface area (Å²) >= 11 is 0. The Morgan fingerprint density at radius 1 is 1.27 bits per heavy atom. The fraction of sp³-hybridized carbons (Fsp3) is 0.400. The largest absolute Gasteiger partial charge is 0.353 e. The number of ketones is 1. The Balaban J connectivity index is 2.00. The highest BCUT2D eigenvalue weighted by Crippen LogP contribution is 2.31. The molecule has 1 aliphatic carbocycles. The zero-order valence-electron chi connectivity index (χ0n) is 14.8. The maximum atomic E-state index is 14.1. The van der Waals surface area contributed by atoms with Gasteiger partial charge in [-0.2, -0.15) is 0 Å². The number of hydrogen-bond donors (Lipinski definition) is 1. The highest BCUT2D eigenvalue weighted by atomic mass is 19.1. The minimum absolute atomic E-state index is 0.0231. The first kappa shape index (κ1) is 18.3. The van der Waals surface area contributed by atoms with Gasteiger partial charge in [0.05, 0.1) is 13.0 Å². The van der Waals surface area contributed by atoms with Crippen LogP contribution in [0, 0.1) is 12.7 Å². The lowest BCUT2D eigenvalue weighted by Crippen LogP contribution is -2.27. The molecule has 0 bridgehead atoms. The van der Waals surface area contributed by atoms with Crippen LogP contribution in [0.15, 0.2) is 24.3 Å². The molecule has 0 atom stereocenters. The Morgan fingerprint density at radius 3 is 2.77 bits per heavy atom. The van der Waals surface area contributed by atoms with Crippen LogP contribution in [0.1, 0.15) is 45.7 Å². The van der Waals surface area contributed by atoms with Crippen molar-refractivity contribution >= 4 is 11.7 Å². The minimum atomic E-state index is -0.629. The van der Waals surface area contributed by atoms with Gasteiger partial charge in [-0.15, -0.1) is 0 Å². The first-order chi connectivity index (χ1) is 12.5. The van der Waals surface area contributed by atoms with Crippen LogP contribution in [0.25, 0.3) is 0 Å². The molecule has 0 saturated heterocycles. The molecule has 6 heteroatoms. The molecule has 3 rings (SSSR count). The van der Waals surface area contributed by atoms with Gasteiger partial charge in [-0.1, -0.05) is 18.2 Å². The number of nitrogens with one attached hydrogen (secondary N) is 1. The Labute approximate surface area is 151 Å². The Hall–Kier alpha value is -2.50. The van der Waals surface area contributed by atoms with Crippen LogP contribution in [0.3, 0.4) is 0 Å². The molecule has 0 unspecified atom stereocenters. The number of fused-ring (bicyclic) bond motifs is 1. The van der Waals surface area contributed by atoms with Gasteiger partial charge in [0.15, 0.2) is 5.78 Å². The number of nitrogens with zero attached hydrogens (tertiary/aromatic N) is 1. The van der Waals surface area contributed by atoms with E-state index in [1.807, 2.05) is 11.5 Å². The lowest BCUT2D eigenvalue weighted by atomic mass is 9.92. The van der Waals surface area contributed by atoms with Gasteiger partial charge in [-0.05, 0) is 31.4 Å². The molecule has 1 aromatic carbocycles. The molecule has 0 spiro atoms. The van der Waals surface area contributed by atoms with Gasteiger partial charge < -0.3 is 9.88 Å². The zero-order chi connectivity index (χ0) is 18.7. The van der Waals surface area contributed by atoms with Crippen LogP contribution in [0.5, 0.6) is 0 Å². The van der Waals surface area contributed by atoms with Gasteiger partial charge in [-0.25, -0.2) is 8.78 Å². The Kier molecular flexibility index (Phi) is 5.49. The molecule has 26 heavy (non-hydrogen) atoms. The number of benzene rings is 1. The number of aromatic nitrogens is 1. The van der Waals surface area contributed by atoms with Crippen molar-refractivity contribution in [1.29, 1.82) is 0 Å². The number of amides is 1. The second-order valence-corrected chi connectivity index (χ2v) is 6.56. The van der Waals surface area contributed by atoms with Crippen LogP contribution in [0.4, 0.5) is 8.78 Å². The first-order valence-electron chi connectivity index (χ1n) is 8.83. The third-order valence-electron chi connectivity index (χ3n) is 4.89. The lowest BCUT2D eigenvalue weighted by Gasteiger charge is -2.16. The molecule has 0 aliphatic heterocycles. The maximum absolute atomic E-state index is 14.1. The third kappa shape index (κ3) is 3.54. The van der Waals surface area contributed by atoms with Crippen LogP contribution in [-0.4, -0.2) is 29.5 Å². The van der Waals surface area contributed by atoms with E-state index in [9.17, 15) is 18.4 Å². The number of carbonyl (C=O) groups excluding carboxylic acids is 2. The zero-order valence-corrected chi connectivity index (χ0v) is 14.8. The van der Waals surface area contributed by atoms with Crippen molar-refractivity contribution in [3.63, 3.8) is 0 Å². The number of halogens is 2. The fourth-order valence-corrected chi connectivity index (χ4v) is 3.62. The summed E-state index contributed by atoms with van der Waals surface area (Å²) in [6, 6.07) is 6.55. The molecular weight excluding hydrogens is 338 g/mol. The van der Waals surface area contributed by atoms with E-state index in [1.54, 1.807) is 18.2 Å². The van der Waals surface area contributed by atoms with Gasteiger partial charge >= 0.3 is 0 Å². The fourth-order valence-electron chi connectivity index (χ4n) is 3.62. The maximum Gasteiger partial charge on any atom is 0.224 e. The van der Waals surface area contributed by atoms with E-state index in [0.717, 1.165) is 24.2 Å². The average Bonchev–Trinajstić information content (AvgIpc) is 2.88. The van der Waals surface area contributed by atoms with Gasteiger partial charge in [0, 0.05) is 35.5 Å². The first-order valence-corrected chi connectivity index (χ1v) is 8.83. The monoisotopic (exact) mass is 360 g/mol. The standard InChI is InChI=1S/C20H22F2N2O2/c1-13-15(11-19(26)23-10-9-21)20-17(7-4-8-18(20)25)24(13)12-14-5-2-3-6-16(14)22/h2-3,5-6H,4,7-12H2,1H3,(H,23,26). The molecule has 0 fully saturated rings. The molecule has 0 saturated carbocycles. The van der Waals surface area contributed by atoms with E-state index in [1.165, 1.54) is 6.07 Å². The highest BCUT2D eigenvalue weighted by Gasteiger charge is 2.29. The normalized spacial score (nSPS) is 13.6. The van der Waals surface area contributed by atoms with Crippen molar-refractivity contribution in [3.8, 4) is 0 Å². The number of hydrogen-bond acceptors (Lipinski definition) is 2. The summed E-state index contributed by atoms with van der Waals surface area (Å²) in [5, 5.41) is 2.50. The number of carbonyl (C=O) groups is 2. The molecule has 2 aromatic rings. The van der Waals surface area contributed by atoms with Crippen LogP contribution in [0.2, 0.25) is 0 Å². The number of Topliss-reactive ketones (excluding diaryl/α,β-unsaturated/α-hetero) is 1. The Bertz CT molecular complexity index is 843. The predicted octanol–water partition coefficient (Wildman–Crippen LogP) is 3.13. The minimum Gasteiger partial charge on any atom is -0.353 e. The molecule has 0 radical (unpaired) electrons. The summed E-state index contributed by atoms with van der Waals surface area (Å²) in [6.07, 6.45) is 1.96. The summed E-state index contributed by atoms with van der Waals surface area (Å²) in [6.45, 7) is 1.50. The molecule has 1 aliphatic rings. The van der Waals surface area contributed by atoms with Crippen LogP contribution >= 0.6 is 0 Å². The molecule has 1 aromatic heterocycles. The van der Waals surface area contributed by atoms with E-state index in [2.05, 4.69) is 5.32 Å². The predicted molar refractivity (Wildman–Crippen MR) is 94.6 cm³/mol. The second kappa shape index (κ2) is 7.81. The topological polar surface area (TPSA) is 51.1 Å². The van der Waals surface area contributed by atoms with Crippen LogP contribution < -0.4 is 5.32 Å². The second-order valence-electron chi connectivity index (χ2n) is 6.56. The summed E-state index contributed by atoms with van der Waals surface area (Å²) in [4.78, 5) is 24.6. The molecule has 1 heterocycles. The van der Waals surface area contributed by atoms with Crippen molar-refractivity contribution in [2.24, 2.45) is 0 Å². The van der Waals surface area contributed by atoms with Gasteiger partial charge in [0.25, 0.3) is 0 Å². The molecule has 1 N–H and O–H groups in total. The van der Waals surface area contributed by atoms with E-state index in [4.69, 9.17) is 0 Å². The van der Waals surface area contributed by atoms with Crippen molar-refractivity contribution in [2.75, 3.05) is 13.2 Å². The van der Waals surface area contributed by atoms with Gasteiger partial charge in [-0.3, -0.25) is 9.59 Å². The smallest absolute Gasteiger partial charge is 0.224 e. The number of alkyl halides is 1. The molecule has 138 valence electrons. The quantitative estimate of drug-likeness (QED) is 0.860. The Morgan fingerprint density at radius 2 is 2.04 bits per heavy atom. The van der Waals surface area contributed by atoms with Crippen molar-refractivity contribution in [1.82, 2.24) is 9.88 Å². The summed E-state index contributed by atoms with van der Waals surface area (Å²) < 4.78 is 28.3. The van der Waals surface area contributed by atoms with E-state index in [-0.39, 0.29) is 30.5 Å². The summed E-state index contributed by atoms with van der Waals surface area (Å²) in [5.74, 6) is -0.580. The van der Waals surface area contributed by atoms with E-state index in [0.29, 0.717) is 29.7 Å². The summed E-state index contributed by atoms with van der Waals surface area (Å²) in [5.41, 5.74) is 3.48. The van der Waals surface area contributed by atoms with E-state index < -0.39 is 6.67 Å². The van der Waals surface area contributed by atoms with Gasteiger partial charge in [0.1, 0.15) is 12.5 Å². The van der Waals surface area contributed by atoms with Gasteiger partial charge in [0.2, 0.25) is 5.91 Å². The van der Waals surface area contributed by atoms with E-state index >= 15 is 0 Å². The van der Waals surface area contributed by atoms with Crippen molar-refractivity contribution in [3.05, 3.63) is 58.2 Å². The third-order valence-corrected chi connectivity index (χ3v) is 4.89. The SMILES string of the molecule is Cc1c(CC(=O)NCCF)c2c(n1Cc1ccccc1F)CCCC2=O. The molecule has 1 amide bonds. The lowest BCUT2D eigenvalue weighted by molar-refractivity contribution is -0.120. The highest BCUT2D eigenvalue weighted by molar-refractivity contribution is 6.01.